The molecule has 33 heavy (non-hydrogen) atoms. The molecule has 0 bridgehead atoms. The molecule has 4 rings (SSSR count). The molecule has 0 radical (unpaired) electrons. The van der Waals surface area contributed by atoms with Crippen molar-refractivity contribution in [2.24, 2.45) is 0 Å². The van der Waals surface area contributed by atoms with Crippen molar-refractivity contribution in [3.05, 3.63) is 24.7 Å². The molecular weight excluding hydrogens is 452 g/mol. The lowest BCUT2D eigenvalue weighted by molar-refractivity contribution is 0.0499. The van der Waals surface area contributed by atoms with Crippen LogP contribution in [-0.2, 0) is 14.6 Å². The number of aromatic nitrogens is 3. The summed E-state index contributed by atoms with van der Waals surface area (Å²) in [6.45, 7) is 4.53. The van der Waals surface area contributed by atoms with Gasteiger partial charge in [0.15, 0.2) is 14.9 Å². The SMILES string of the molecule is CC(C)OC(=O)N1CCC(Oc2ncnc(Oc3ccc(S(=O)(=O)C4CC4)nc3)c2O)CC1. The van der Waals surface area contributed by atoms with Gasteiger partial charge in [-0.1, -0.05) is 0 Å². The maximum Gasteiger partial charge on any atom is 0.410 e. The summed E-state index contributed by atoms with van der Waals surface area (Å²) in [5, 5.41) is 10.2. The average Bonchev–Trinajstić information content (AvgIpc) is 3.63. The molecule has 3 heterocycles. The lowest BCUT2D eigenvalue weighted by atomic mass is 10.1. The van der Waals surface area contributed by atoms with Crippen LogP contribution in [0.5, 0.6) is 23.3 Å². The van der Waals surface area contributed by atoms with E-state index in [1.807, 2.05) is 0 Å². The van der Waals surface area contributed by atoms with Crippen LogP contribution in [0, 0.1) is 0 Å². The first-order valence-corrected chi connectivity index (χ1v) is 12.3. The number of nitrogens with zero attached hydrogens (tertiary/aromatic N) is 4. The third kappa shape index (κ3) is 5.44. The normalized spacial score (nSPS) is 17.1. The van der Waals surface area contributed by atoms with Gasteiger partial charge in [0.05, 0.1) is 17.6 Å². The molecule has 1 saturated heterocycles. The van der Waals surface area contributed by atoms with Gasteiger partial charge in [0.25, 0.3) is 11.8 Å². The Kier molecular flexibility index (Phi) is 6.54. The number of sulfone groups is 1. The number of pyridine rings is 1. The zero-order valence-electron chi connectivity index (χ0n) is 18.4. The van der Waals surface area contributed by atoms with E-state index in [0.29, 0.717) is 38.8 Å². The van der Waals surface area contributed by atoms with Crippen molar-refractivity contribution in [3.63, 3.8) is 0 Å². The first-order valence-electron chi connectivity index (χ1n) is 10.8. The van der Waals surface area contributed by atoms with E-state index in [4.69, 9.17) is 14.2 Å². The highest BCUT2D eigenvalue weighted by Crippen LogP contribution is 2.37. The number of ether oxygens (including phenoxy) is 3. The highest BCUT2D eigenvalue weighted by Gasteiger charge is 2.37. The number of likely N-dealkylation sites (tertiary alicyclic amines) is 1. The van der Waals surface area contributed by atoms with Gasteiger partial charge in [0.2, 0.25) is 5.75 Å². The molecule has 178 valence electrons. The Balaban J connectivity index is 1.37. The van der Waals surface area contributed by atoms with Gasteiger partial charge >= 0.3 is 6.09 Å². The fourth-order valence-electron chi connectivity index (χ4n) is 3.35. The summed E-state index contributed by atoms with van der Waals surface area (Å²) in [5.41, 5.74) is 0. The summed E-state index contributed by atoms with van der Waals surface area (Å²) < 4.78 is 41.1. The predicted molar refractivity (Wildman–Crippen MR) is 115 cm³/mol. The number of carbonyl (C=O) groups is 1. The second-order valence-corrected chi connectivity index (χ2v) is 10.4. The van der Waals surface area contributed by atoms with E-state index < -0.39 is 9.84 Å². The van der Waals surface area contributed by atoms with E-state index in [9.17, 15) is 18.3 Å². The molecule has 0 atom stereocenters. The van der Waals surface area contributed by atoms with E-state index in [1.165, 1.54) is 24.7 Å². The number of hydrogen-bond acceptors (Lipinski definition) is 10. The van der Waals surface area contributed by atoms with Crippen LogP contribution in [0.2, 0.25) is 0 Å². The monoisotopic (exact) mass is 478 g/mol. The number of hydrogen-bond donors (Lipinski definition) is 1. The smallest absolute Gasteiger partial charge is 0.410 e. The summed E-state index contributed by atoms with van der Waals surface area (Å²) in [5.74, 6) is -0.350. The maximum atomic E-state index is 12.2. The number of amides is 1. The summed E-state index contributed by atoms with van der Waals surface area (Å²) in [4.78, 5) is 25.5. The first-order chi connectivity index (χ1) is 15.7. The summed E-state index contributed by atoms with van der Waals surface area (Å²) in [7, 11) is -3.40. The second-order valence-electron chi connectivity index (χ2n) is 8.25. The molecule has 0 unspecified atom stereocenters. The number of rotatable bonds is 7. The Morgan fingerprint density at radius 3 is 2.39 bits per heavy atom. The third-order valence-electron chi connectivity index (χ3n) is 5.25. The molecule has 12 heteroatoms. The van der Waals surface area contributed by atoms with E-state index in [2.05, 4.69) is 15.0 Å². The topological polar surface area (TPSA) is 141 Å². The van der Waals surface area contributed by atoms with Gasteiger partial charge < -0.3 is 24.2 Å². The largest absolute Gasteiger partial charge is 0.499 e. The third-order valence-corrected chi connectivity index (χ3v) is 7.42. The van der Waals surface area contributed by atoms with Gasteiger partial charge in [-0.2, -0.15) is 9.97 Å². The fourth-order valence-corrected chi connectivity index (χ4v) is 4.91. The summed E-state index contributed by atoms with van der Waals surface area (Å²) in [6.07, 6.45) is 4.08. The number of carbonyl (C=O) groups excluding carboxylic acids is 1. The molecule has 2 aliphatic rings. The molecule has 1 saturated carbocycles. The molecular formula is C21H26N4O7S. The van der Waals surface area contributed by atoms with Crippen LogP contribution in [-0.4, -0.2) is 70.0 Å². The Bertz CT molecular complexity index is 1100. The lowest BCUT2D eigenvalue weighted by Crippen LogP contribution is -2.42. The zero-order chi connectivity index (χ0) is 23.6. The van der Waals surface area contributed by atoms with E-state index in [0.717, 1.165) is 0 Å². The molecule has 2 fully saturated rings. The molecule has 11 nitrogen and oxygen atoms in total. The second kappa shape index (κ2) is 9.38. The minimum atomic E-state index is -3.40. The fraction of sp³-hybridized carbons (Fsp3) is 0.524. The van der Waals surface area contributed by atoms with Crippen molar-refractivity contribution in [1.29, 1.82) is 0 Å². The van der Waals surface area contributed by atoms with Gasteiger partial charge in [0, 0.05) is 25.9 Å². The number of aromatic hydroxyl groups is 1. The predicted octanol–water partition coefficient (Wildman–Crippen LogP) is 2.69. The van der Waals surface area contributed by atoms with Gasteiger partial charge in [-0.3, -0.25) is 0 Å². The molecule has 0 spiro atoms. The van der Waals surface area contributed by atoms with E-state index in [-0.39, 0.29) is 51.8 Å². The number of piperidine rings is 1. The maximum absolute atomic E-state index is 12.2. The minimum Gasteiger partial charge on any atom is -0.499 e. The van der Waals surface area contributed by atoms with Crippen molar-refractivity contribution in [3.8, 4) is 23.3 Å². The Labute approximate surface area is 191 Å². The Hall–Kier alpha value is -3.15. The van der Waals surface area contributed by atoms with Crippen molar-refractivity contribution in [2.45, 2.75) is 62.0 Å². The van der Waals surface area contributed by atoms with Crippen LogP contribution in [0.25, 0.3) is 0 Å². The summed E-state index contributed by atoms with van der Waals surface area (Å²) >= 11 is 0. The van der Waals surface area contributed by atoms with Crippen LogP contribution in [0.4, 0.5) is 4.79 Å². The Morgan fingerprint density at radius 2 is 1.79 bits per heavy atom. The van der Waals surface area contributed by atoms with Gasteiger partial charge in [-0.25, -0.2) is 18.2 Å². The average molecular weight is 479 g/mol. The standard InChI is InChI=1S/C21H26N4O7S/c1-13(2)30-21(27)25-9-7-14(8-10-25)31-19-18(26)20(24-12-23-19)32-15-3-6-17(22-11-15)33(28,29)16-4-5-16/h3,6,11-14,16,26H,4-5,7-10H2,1-2H3. The Morgan fingerprint density at radius 1 is 1.09 bits per heavy atom. The zero-order valence-corrected chi connectivity index (χ0v) is 19.2. The highest BCUT2D eigenvalue weighted by atomic mass is 32.2. The summed E-state index contributed by atoms with van der Waals surface area (Å²) in [6, 6.07) is 2.83. The van der Waals surface area contributed by atoms with Crippen LogP contribution in [0.15, 0.2) is 29.7 Å². The van der Waals surface area contributed by atoms with Crippen molar-refractivity contribution in [2.75, 3.05) is 13.1 Å². The molecule has 1 N–H and O–H groups in total. The van der Waals surface area contributed by atoms with Gasteiger partial charge in [-0.15, -0.1) is 0 Å². The van der Waals surface area contributed by atoms with Crippen LogP contribution in [0.1, 0.15) is 39.5 Å². The van der Waals surface area contributed by atoms with Crippen molar-refractivity contribution in [1.82, 2.24) is 19.9 Å². The van der Waals surface area contributed by atoms with E-state index in [1.54, 1.807) is 18.7 Å². The van der Waals surface area contributed by atoms with Crippen LogP contribution < -0.4 is 9.47 Å². The lowest BCUT2D eigenvalue weighted by Gasteiger charge is -2.31. The van der Waals surface area contributed by atoms with Gasteiger partial charge in [0.1, 0.15) is 18.2 Å². The minimum absolute atomic E-state index is 0.00287. The molecule has 2 aromatic heterocycles. The van der Waals surface area contributed by atoms with Crippen LogP contribution >= 0.6 is 0 Å². The van der Waals surface area contributed by atoms with Gasteiger partial charge in [-0.05, 0) is 38.8 Å². The first kappa shape index (κ1) is 23.0. The van der Waals surface area contributed by atoms with Crippen LogP contribution in [0.3, 0.4) is 0 Å². The quantitative estimate of drug-likeness (QED) is 0.631. The van der Waals surface area contributed by atoms with E-state index >= 15 is 0 Å². The molecule has 1 aliphatic carbocycles. The van der Waals surface area contributed by atoms with Crippen molar-refractivity contribution < 1.29 is 32.5 Å². The van der Waals surface area contributed by atoms with Crippen molar-refractivity contribution >= 4 is 15.9 Å². The molecule has 1 aliphatic heterocycles. The molecule has 0 aromatic carbocycles. The molecule has 2 aromatic rings. The highest BCUT2D eigenvalue weighted by molar-refractivity contribution is 7.92. The molecule has 1 amide bonds.